The van der Waals surface area contributed by atoms with Crippen LogP contribution in [-0.4, -0.2) is 44.8 Å². The Bertz CT molecular complexity index is 897. The predicted molar refractivity (Wildman–Crippen MR) is 104 cm³/mol. The number of aryl methyl sites for hydroxylation is 2. The first-order chi connectivity index (χ1) is 12.6. The van der Waals surface area contributed by atoms with Crippen LogP contribution in [-0.2, 0) is 7.05 Å². The molecule has 6 nitrogen and oxygen atoms in total. The van der Waals surface area contributed by atoms with Crippen LogP contribution < -0.4 is 5.32 Å². The molecule has 0 aliphatic carbocycles. The van der Waals surface area contributed by atoms with Gasteiger partial charge in [0, 0.05) is 25.2 Å². The summed E-state index contributed by atoms with van der Waals surface area (Å²) >= 11 is 0. The zero-order valence-corrected chi connectivity index (χ0v) is 15.7. The highest BCUT2D eigenvalue weighted by Crippen LogP contribution is 2.35. The number of benzene rings is 1. The van der Waals surface area contributed by atoms with Crippen molar-refractivity contribution in [1.29, 1.82) is 0 Å². The Kier molecular flexibility index (Phi) is 4.59. The average Bonchev–Trinajstić information content (AvgIpc) is 3.05. The van der Waals surface area contributed by atoms with Crippen LogP contribution in [0.3, 0.4) is 0 Å². The number of nitrogens with one attached hydrogen (secondary N) is 1. The number of anilines is 1. The molecule has 1 aliphatic rings. The number of hydrogen-bond donors (Lipinski definition) is 1. The van der Waals surface area contributed by atoms with Crippen LogP contribution in [0.1, 0.15) is 30.1 Å². The summed E-state index contributed by atoms with van der Waals surface area (Å²) < 4.78 is 2.00. The third-order valence-corrected chi connectivity index (χ3v) is 5.57. The summed E-state index contributed by atoms with van der Waals surface area (Å²) in [7, 11) is 4.25. The van der Waals surface area contributed by atoms with E-state index in [0.29, 0.717) is 12.0 Å². The molecule has 1 aliphatic heterocycles. The molecule has 1 aromatic carbocycles. The van der Waals surface area contributed by atoms with Crippen molar-refractivity contribution in [3.8, 4) is 0 Å². The molecule has 6 heteroatoms. The molecule has 1 fully saturated rings. The van der Waals surface area contributed by atoms with Gasteiger partial charge in [0.25, 0.3) is 0 Å². The van der Waals surface area contributed by atoms with E-state index in [1.807, 2.05) is 30.1 Å². The lowest BCUT2D eigenvalue weighted by atomic mass is 9.87. The van der Waals surface area contributed by atoms with Gasteiger partial charge < -0.3 is 5.32 Å². The van der Waals surface area contributed by atoms with Gasteiger partial charge in [-0.15, -0.1) is 0 Å². The molecule has 3 aromatic rings. The molecule has 2 aromatic heterocycles. The number of rotatable bonds is 4. The lowest BCUT2D eigenvalue weighted by molar-refractivity contribution is 0.121. The van der Waals surface area contributed by atoms with Crippen LogP contribution in [0.15, 0.2) is 36.8 Å². The fourth-order valence-electron chi connectivity index (χ4n) is 4.26. The number of fused-ring (bicyclic) bond motifs is 1. The van der Waals surface area contributed by atoms with Crippen molar-refractivity contribution >= 4 is 16.7 Å². The second-order valence-electron chi connectivity index (χ2n) is 7.28. The highest BCUT2D eigenvalue weighted by atomic mass is 15.3. The van der Waals surface area contributed by atoms with Gasteiger partial charge in [-0.25, -0.2) is 9.97 Å². The van der Waals surface area contributed by atoms with Crippen LogP contribution in [0.4, 0.5) is 5.82 Å². The molecule has 0 saturated carbocycles. The van der Waals surface area contributed by atoms with E-state index in [0.717, 1.165) is 29.8 Å². The van der Waals surface area contributed by atoms with Gasteiger partial charge in [-0.1, -0.05) is 12.1 Å². The van der Waals surface area contributed by atoms with Gasteiger partial charge in [0.05, 0.1) is 17.3 Å². The Labute approximate surface area is 154 Å². The largest absolute Gasteiger partial charge is 0.369 e. The third-order valence-electron chi connectivity index (χ3n) is 5.57. The predicted octanol–water partition coefficient (Wildman–Crippen LogP) is 3.17. The van der Waals surface area contributed by atoms with Gasteiger partial charge >= 0.3 is 0 Å². The van der Waals surface area contributed by atoms with E-state index < -0.39 is 0 Å². The van der Waals surface area contributed by atoms with E-state index in [1.54, 1.807) is 6.33 Å². The third kappa shape index (κ3) is 3.05. The van der Waals surface area contributed by atoms with Crippen LogP contribution in [0.25, 0.3) is 10.9 Å². The standard InChI is InChI=1S/C20H26N6/c1-14-6-4-8-16-18(14)20(23-13-22-16)21-12-15-7-5-11-25(2)19(15)17-9-10-24-26(17)3/h4,6,8-10,13,15,19H,5,7,11-12H2,1-3H3,(H,21,22,23)/t15-,19+/m0/s1. The number of hydrogen-bond acceptors (Lipinski definition) is 5. The van der Waals surface area contributed by atoms with Crippen molar-refractivity contribution < 1.29 is 0 Å². The van der Waals surface area contributed by atoms with E-state index in [4.69, 9.17) is 0 Å². The number of piperidine rings is 1. The normalized spacial score (nSPS) is 21.2. The molecule has 0 unspecified atom stereocenters. The molecule has 0 radical (unpaired) electrons. The Morgan fingerprint density at radius 3 is 2.88 bits per heavy atom. The minimum atomic E-state index is 0.373. The van der Waals surface area contributed by atoms with Crippen LogP contribution in [0.2, 0.25) is 0 Å². The molecule has 4 rings (SSSR count). The van der Waals surface area contributed by atoms with Crippen LogP contribution in [0.5, 0.6) is 0 Å². The van der Waals surface area contributed by atoms with E-state index in [2.05, 4.69) is 51.4 Å². The van der Waals surface area contributed by atoms with Crippen molar-refractivity contribution in [3.63, 3.8) is 0 Å². The van der Waals surface area contributed by atoms with E-state index in [-0.39, 0.29) is 0 Å². The maximum Gasteiger partial charge on any atom is 0.137 e. The molecule has 136 valence electrons. The van der Waals surface area contributed by atoms with Crippen molar-refractivity contribution in [2.75, 3.05) is 25.5 Å². The average molecular weight is 350 g/mol. The van der Waals surface area contributed by atoms with Crippen molar-refractivity contribution in [2.24, 2.45) is 13.0 Å². The Morgan fingerprint density at radius 2 is 2.08 bits per heavy atom. The topological polar surface area (TPSA) is 58.9 Å². The van der Waals surface area contributed by atoms with Gasteiger partial charge in [-0.05, 0) is 57.0 Å². The first-order valence-electron chi connectivity index (χ1n) is 9.27. The molecule has 1 saturated heterocycles. The summed E-state index contributed by atoms with van der Waals surface area (Å²) in [5.74, 6) is 1.45. The van der Waals surface area contributed by atoms with Gasteiger partial charge in [0.1, 0.15) is 12.1 Å². The highest BCUT2D eigenvalue weighted by molar-refractivity contribution is 5.91. The minimum absolute atomic E-state index is 0.373. The fraction of sp³-hybridized carbons (Fsp3) is 0.450. The van der Waals surface area contributed by atoms with Crippen molar-refractivity contribution in [2.45, 2.75) is 25.8 Å². The second kappa shape index (κ2) is 7.03. The quantitative estimate of drug-likeness (QED) is 0.783. The van der Waals surface area contributed by atoms with Gasteiger partial charge in [0.15, 0.2) is 0 Å². The second-order valence-corrected chi connectivity index (χ2v) is 7.28. The molecule has 2 atom stereocenters. The molecular weight excluding hydrogens is 324 g/mol. The molecule has 0 amide bonds. The summed E-state index contributed by atoms with van der Waals surface area (Å²) in [6, 6.07) is 8.72. The maximum absolute atomic E-state index is 4.52. The van der Waals surface area contributed by atoms with E-state index >= 15 is 0 Å². The summed E-state index contributed by atoms with van der Waals surface area (Å²) in [5.41, 5.74) is 3.48. The zero-order chi connectivity index (χ0) is 18.1. The zero-order valence-electron chi connectivity index (χ0n) is 15.7. The lowest BCUT2D eigenvalue weighted by Gasteiger charge is -2.39. The maximum atomic E-state index is 4.52. The van der Waals surface area contributed by atoms with Gasteiger partial charge in [-0.2, -0.15) is 5.10 Å². The number of likely N-dealkylation sites (tertiary alicyclic amines) is 1. The Balaban J connectivity index is 1.60. The Morgan fingerprint density at radius 1 is 1.19 bits per heavy atom. The molecule has 3 heterocycles. The minimum Gasteiger partial charge on any atom is -0.369 e. The summed E-state index contributed by atoms with van der Waals surface area (Å²) in [5, 5.41) is 9.12. The molecule has 26 heavy (non-hydrogen) atoms. The lowest BCUT2D eigenvalue weighted by Crippen LogP contribution is -2.40. The van der Waals surface area contributed by atoms with Crippen molar-refractivity contribution in [3.05, 3.63) is 48.0 Å². The molecule has 0 spiro atoms. The Hall–Kier alpha value is -2.47. The first-order valence-corrected chi connectivity index (χ1v) is 9.27. The number of nitrogens with zero attached hydrogens (tertiary/aromatic N) is 5. The molecule has 1 N–H and O–H groups in total. The summed E-state index contributed by atoms with van der Waals surface area (Å²) in [6.07, 6.45) is 5.97. The van der Waals surface area contributed by atoms with E-state index in [1.165, 1.54) is 24.1 Å². The first kappa shape index (κ1) is 17.0. The number of aromatic nitrogens is 4. The van der Waals surface area contributed by atoms with Crippen LogP contribution in [0, 0.1) is 12.8 Å². The summed E-state index contributed by atoms with van der Waals surface area (Å²) in [4.78, 5) is 11.4. The highest BCUT2D eigenvalue weighted by Gasteiger charge is 2.32. The molecule has 0 bridgehead atoms. The monoisotopic (exact) mass is 350 g/mol. The van der Waals surface area contributed by atoms with Crippen LogP contribution >= 0.6 is 0 Å². The molecular formula is C20H26N6. The van der Waals surface area contributed by atoms with Gasteiger partial charge in [-0.3, -0.25) is 9.58 Å². The summed E-state index contributed by atoms with van der Waals surface area (Å²) in [6.45, 7) is 4.13. The smallest absolute Gasteiger partial charge is 0.137 e. The van der Waals surface area contributed by atoms with Crippen molar-refractivity contribution in [1.82, 2.24) is 24.6 Å². The fourth-order valence-corrected chi connectivity index (χ4v) is 4.26. The van der Waals surface area contributed by atoms with Gasteiger partial charge in [0.2, 0.25) is 0 Å². The van der Waals surface area contributed by atoms with E-state index in [9.17, 15) is 0 Å². The SMILES string of the molecule is Cc1cccc2ncnc(NC[C@@H]3CCCN(C)[C@H]3c3ccnn3C)c12.